The van der Waals surface area contributed by atoms with E-state index in [9.17, 15) is 25.5 Å². The van der Waals surface area contributed by atoms with Crippen molar-refractivity contribution in [3.8, 4) is 11.5 Å². The Hall–Kier alpha value is -2.80. The van der Waals surface area contributed by atoms with Crippen LogP contribution in [0.2, 0.25) is 0 Å². The molecule has 32 heavy (non-hydrogen) atoms. The molecule has 1 fully saturated rings. The van der Waals surface area contributed by atoms with Crippen LogP contribution in [0.5, 0.6) is 11.5 Å². The van der Waals surface area contributed by atoms with Gasteiger partial charge in [-0.15, -0.1) is 5.10 Å². The van der Waals surface area contributed by atoms with Gasteiger partial charge < -0.3 is 39.7 Å². The van der Waals surface area contributed by atoms with Crippen molar-refractivity contribution >= 4 is 11.0 Å². The fraction of sp³-hybridized carbons (Fsp3) is 0.429. The molecule has 172 valence electrons. The van der Waals surface area contributed by atoms with Crippen molar-refractivity contribution in [2.75, 3.05) is 13.2 Å². The van der Waals surface area contributed by atoms with E-state index >= 15 is 0 Å². The molecular weight excluding hydrogens is 422 g/mol. The molecule has 1 aliphatic rings. The highest BCUT2D eigenvalue weighted by molar-refractivity contribution is 5.81. The van der Waals surface area contributed by atoms with Crippen LogP contribution in [0.4, 0.5) is 0 Å². The van der Waals surface area contributed by atoms with Crippen LogP contribution in [-0.2, 0) is 11.3 Å². The number of fused-ring (bicyclic) bond motifs is 1. The summed E-state index contributed by atoms with van der Waals surface area (Å²) in [5, 5.41) is 59.1. The number of nitrogens with zero attached hydrogens (tertiary/aromatic N) is 3. The van der Waals surface area contributed by atoms with E-state index in [1.807, 2.05) is 31.2 Å². The average Bonchev–Trinajstić information content (AvgIpc) is 3.20. The van der Waals surface area contributed by atoms with Crippen LogP contribution >= 0.6 is 0 Å². The van der Waals surface area contributed by atoms with Crippen molar-refractivity contribution in [3.63, 3.8) is 0 Å². The second kappa shape index (κ2) is 8.98. The van der Waals surface area contributed by atoms with E-state index < -0.39 is 37.0 Å². The molecule has 5 N–H and O–H groups in total. The van der Waals surface area contributed by atoms with Gasteiger partial charge in [-0.1, -0.05) is 23.4 Å². The third kappa shape index (κ3) is 4.01. The second-order valence-corrected chi connectivity index (χ2v) is 7.45. The zero-order valence-corrected chi connectivity index (χ0v) is 17.3. The number of rotatable bonds is 7. The van der Waals surface area contributed by atoms with Crippen LogP contribution in [0.1, 0.15) is 12.5 Å². The number of aliphatic hydroxyl groups is 5. The first kappa shape index (κ1) is 22.4. The van der Waals surface area contributed by atoms with Gasteiger partial charge in [-0.3, -0.25) is 0 Å². The first-order valence-corrected chi connectivity index (χ1v) is 10.1. The molecule has 4 rings (SSSR count). The molecule has 2 aromatic carbocycles. The first-order chi connectivity index (χ1) is 15.4. The Morgan fingerprint density at radius 2 is 1.88 bits per heavy atom. The van der Waals surface area contributed by atoms with Crippen LogP contribution in [0.25, 0.3) is 11.0 Å². The van der Waals surface area contributed by atoms with Gasteiger partial charge in [-0.05, 0) is 36.8 Å². The van der Waals surface area contributed by atoms with Gasteiger partial charge in [0.1, 0.15) is 29.0 Å². The zero-order valence-electron chi connectivity index (χ0n) is 17.3. The van der Waals surface area contributed by atoms with Crippen molar-refractivity contribution in [2.24, 2.45) is 0 Å². The summed E-state index contributed by atoms with van der Waals surface area (Å²) in [7, 11) is 0. The molecule has 0 bridgehead atoms. The van der Waals surface area contributed by atoms with Gasteiger partial charge in [0, 0.05) is 0 Å². The molecule has 1 saturated heterocycles. The summed E-state index contributed by atoms with van der Waals surface area (Å²) in [5.41, 5.74) is 1.75. The predicted octanol–water partition coefficient (Wildman–Crippen LogP) is -0.623. The van der Waals surface area contributed by atoms with E-state index in [-0.39, 0.29) is 5.75 Å². The normalized spacial score (nSPS) is 28.1. The molecule has 0 amide bonds. The molecule has 1 aliphatic heterocycles. The van der Waals surface area contributed by atoms with E-state index in [0.717, 1.165) is 11.3 Å². The molecular formula is C21H25N3O8. The zero-order chi connectivity index (χ0) is 22.9. The molecule has 3 aromatic rings. The summed E-state index contributed by atoms with van der Waals surface area (Å²) in [5.74, 6) is -1.91. The highest BCUT2D eigenvalue weighted by atomic mass is 16.7. The number of aromatic nitrogens is 3. The third-order valence-electron chi connectivity index (χ3n) is 5.30. The lowest BCUT2D eigenvalue weighted by molar-refractivity contribution is -0.385. The summed E-state index contributed by atoms with van der Waals surface area (Å²) < 4.78 is 17.6. The molecule has 0 saturated carbocycles. The summed E-state index contributed by atoms with van der Waals surface area (Å²) in [6.07, 6.45) is -6.98. The van der Waals surface area contributed by atoms with Crippen LogP contribution in [-0.4, -0.2) is 84.1 Å². The van der Waals surface area contributed by atoms with Gasteiger partial charge in [-0.2, -0.15) is 0 Å². The third-order valence-corrected chi connectivity index (χ3v) is 5.30. The quantitative estimate of drug-likeness (QED) is 0.295. The minimum absolute atomic E-state index is 0.0530. The maximum Gasteiger partial charge on any atom is 0.288 e. The first-order valence-electron chi connectivity index (χ1n) is 10.1. The number of hydrogen-bond donors (Lipinski definition) is 5. The Balaban J connectivity index is 1.64. The summed E-state index contributed by atoms with van der Waals surface area (Å²) in [4.78, 5) is 0. The second-order valence-electron chi connectivity index (χ2n) is 7.45. The Labute approximate surface area is 183 Å². The Bertz CT molecular complexity index is 1060. The lowest BCUT2D eigenvalue weighted by Crippen LogP contribution is -2.69. The van der Waals surface area contributed by atoms with Crippen LogP contribution in [0, 0.1) is 0 Å². The minimum Gasteiger partial charge on any atom is -0.494 e. The van der Waals surface area contributed by atoms with Crippen molar-refractivity contribution < 1.29 is 39.7 Å². The van der Waals surface area contributed by atoms with Gasteiger partial charge >= 0.3 is 0 Å². The van der Waals surface area contributed by atoms with Gasteiger partial charge in [0.15, 0.2) is 11.9 Å². The molecule has 0 aliphatic carbocycles. The van der Waals surface area contributed by atoms with Gasteiger partial charge in [0.05, 0.1) is 19.8 Å². The Morgan fingerprint density at radius 3 is 2.56 bits per heavy atom. The molecule has 11 nitrogen and oxygen atoms in total. The van der Waals surface area contributed by atoms with E-state index in [4.69, 9.17) is 14.2 Å². The smallest absolute Gasteiger partial charge is 0.288 e. The fourth-order valence-electron chi connectivity index (χ4n) is 3.60. The van der Waals surface area contributed by atoms with Crippen LogP contribution in [0.3, 0.4) is 0 Å². The van der Waals surface area contributed by atoms with Gasteiger partial charge in [0.2, 0.25) is 6.29 Å². The lowest BCUT2D eigenvalue weighted by atomic mass is 9.96. The number of hydrogen-bond acceptors (Lipinski definition) is 10. The summed E-state index contributed by atoms with van der Waals surface area (Å²) in [6, 6.07) is 12.2. The molecule has 5 atom stereocenters. The van der Waals surface area contributed by atoms with E-state index in [1.54, 1.807) is 16.8 Å². The monoisotopic (exact) mass is 447 g/mol. The number of benzene rings is 2. The van der Waals surface area contributed by atoms with E-state index in [1.165, 1.54) is 6.07 Å². The number of para-hydroxylation sites is 1. The number of ether oxygens (including phenoxy) is 3. The van der Waals surface area contributed by atoms with E-state index in [0.29, 0.717) is 24.2 Å². The van der Waals surface area contributed by atoms with Crippen molar-refractivity contribution in [1.82, 2.24) is 15.0 Å². The number of aliphatic hydroxyl groups excluding tert-OH is 4. The van der Waals surface area contributed by atoms with Crippen molar-refractivity contribution in [3.05, 3.63) is 48.0 Å². The van der Waals surface area contributed by atoms with Crippen molar-refractivity contribution in [1.29, 1.82) is 0 Å². The Morgan fingerprint density at radius 1 is 1.12 bits per heavy atom. The fourth-order valence-corrected chi connectivity index (χ4v) is 3.60. The largest absolute Gasteiger partial charge is 0.494 e. The maximum absolute atomic E-state index is 10.9. The molecule has 11 heteroatoms. The predicted molar refractivity (Wildman–Crippen MR) is 110 cm³/mol. The molecule has 0 radical (unpaired) electrons. The Kier molecular flexibility index (Phi) is 6.29. The minimum atomic E-state index is -2.70. The molecule has 2 heterocycles. The molecule has 0 unspecified atom stereocenters. The van der Waals surface area contributed by atoms with Gasteiger partial charge in [-0.25, -0.2) is 4.68 Å². The lowest BCUT2D eigenvalue weighted by Gasteiger charge is -2.45. The van der Waals surface area contributed by atoms with E-state index in [2.05, 4.69) is 10.3 Å². The SMILES string of the molecule is CCOc1ccc(Cn2nnc3cccc(O[C@]4(O)[C@@H](O)O[C@H](CO)[C@@H](O)[C@@H]4O)c32)cc1. The van der Waals surface area contributed by atoms with Gasteiger partial charge in [0.25, 0.3) is 5.79 Å². The highest BCUT2D eigenvalue weighted by Gasteiger charge is 2.57. The van der Waals surface area contributed by atoms with Crippen LogP contribution in [0.15, 0.2) is 42.5 Å². The topological polar surface area (TPSA) is 160 Å². The van der Waals surface area contributed by atoms with Crippen molar-refractivity contribution in [2.45, 2.75) is 43.9 Å². The summed E-state index contributed by atoms with van der Waals surface area (Å²) in [6.45, 7) is 2.11. The maximum atomic E-state index is 10.9. The molecule has 0 spiro atoms. The highest BCUT2D eigenvalue weighted by Crippen LogP contribution is 2.34. The summed E-state index contributed by atoms with van der Waals surface area (Å²) >= 11 is 0. The average molecular weight is 447 g/mol. The standard InChI is InChI=1S/C21H25N3O8/c1-2-30-13-8-6-12(7-9-13)10-24-17-14(22-23-24)4-3-5-15(17)32-21(29)19(27)18(26)16(11-25)31-20(21)28/h3-9,16,18-20,25-29H,2,10-11H2,1H3/t16-,18-,19+,20+,21+/m1/s1. The molecule has 1 aromatic heterocycles. The van der Waals surface area contributed by atoms with Crippen LogP contribution < -0.4 is 9.47 Å².